The van der Waals surface area contributed by atoms with Gasteiger partial charge in [-0.05, 0) is 42.4 Å². The number of benzene rings is 1. The highest BCUT2D eigenvalue weighted by Gasteiger charge is 2.30. The normalized spacial score (nSPS) is 15.2. The van der Waals surface area contributed by atoms with E-state index in [2.05, 4.69) is 31.9 Å². The highest BCUT2D eigenvalue weighted by atomic mass is 19.4. The van der Waals surface area contributed by atoms with Crippen molar-refractivity contribution in [2.24, 2.45) is 0 Å². The molecule has 1 N–H and O–H groups in total. The molecule has 0 saturated carbocycles. The summed E-state index contributed by atoms with van der Waals surface area (Å²) >= 11 is 0. The first-order chi connectivity index (χ1) is 13.8. The second-order valence-electron chi connectivity index (χ2n) is 6.96. The highest BCUT2D eigenvalue weighted by molar-refractivity contribution is 5.78. The number of carbonyl (C=O) groups excluding carboxylic acids is 1. The molecule has 156 valence electrons. The van der Waals surface area contributed by atoms with E-state index >= 15 is 0 Å². The monoisotopic (exact) mass is 408 g/mol. The van der Waals surface area contributed by atoms with E-state index in [1.807, 2.05) is 12.1 Å². The molecule has 2 heterocycles. The summed E-state index contributed by atoms with van der Waals surface area (Å²) in [7, 11) is 2.09. The Labute approximate surface area is 167 Å². The molecule has 1 fully saturated rings. The van der Waals surface area contributed by atoms with Gasteiger partial charge in [-0.15, -0.1) is 13.2 Å². The number of anilines is 1. The lowest BCUT2D eigenvalue weighted by Crippen LogP contribution is -2.44. The minimum Gasteiger partial charge on any atom is -0.406 e. The third-order valence-electron chi connectivity index (χ3n) is 4.65. The van der Waals surface area contributed by atoms with Crippen molar-refractivity contribution in [2.45, 2.75) is 19.3 Å². The second kappa shape index (κ2) is 9.13. The summed E-state index contributed by atoms with van der Waals surface area (Å²) < 4.78 is 40.4. The number of nitrogens with one attached hydrogen (secondary N) is 1. The van der Waals surface area contributed by atoms with Crippen LogP contribution in [0.4, 0.5) is 19.0 Å². The van der Waals surface area contributed by atoms with Gasteiger partial charge >= 0.3 is 6.36 Å². The zero-order valence-corrected chi connectivity index (χ0v) is 16.1. The van der Waals surface area contributed by atoms with Crippen LogP contribution in [0.5, 0.6) is 5.75 Å². The number of pyridine rings is 1. The van der Waals surface area contributed by atoms with E-state index in [1.165, 1.54) is 24.3 Å². The Morgan fingerprint density at radius 3 is 2.45 bits per heavy atom. The van der Waals surface area contributed by atoms with Crippen LogP contribution in [0.15, 0.2) is 42.6 Å². The van der Waals surface area contributed by atoms with E-state index in [4.69, 9.17) is 0 Å². The third-order valence-corrected chi connectivity index (χ3v) is 4.65. The summed E-state index contributed by atoms with van der Waals surface area (Å²) in [6, 6.07) is 9.09. The predicted octanol–water partition coefficient (Wildman–Crippen LogP) is 2.59. The van der Waals surface area contributed by atoms with Crippen LogP contribution in [0.1, 0.15) is 11.1 Å². The van der Waals surface area contributed by atoms with Crippen LogP contribution in [0.2, 0.25) is 0 Å². The van der Waals surface area contributed by atoms with Crippen molar-refractivity contribution in [1.82, 2.24) is 15.2 Å². The molecule has 2 aromatic rings. The molecule has 3 rings (SSSR count). The molecular weight excluding hydrogens is 385 g/mol. The van der Waals surface area contributed by atoms with Crippen LogP contribution < -0.4 is 15.0 Å². The van der Waals surface area contributed by atoms with Crippen LogP contribution in [0.25, 0.3) is 0 Å². The van der Waals surface area contributed by atoms with Gasteiger partial charge in [0, 0.05) is 38.9 Å². The van der Waals surface area contributed by atoms with E-state index < -0.39 is 6.36 Å². The molecule has 0 bridgehead atoms. The van der Waals surface area contributed by atoms with Crippen LogP contribution in [0.3, 0.4) is 0 Å². The van der Waals surface area contributed by atoms with Gasteiger partial charge in [-0.25, -0.2) is 4.98 Å². The molecule has 0 unspecified atom stereocenters. The minimum absolute atomic E-state index is 0.0721. The molecule has 6 nitrogen and oxygen atoms in total. The molecular formula is C20H23F3N4O2. The number of rotatable bonds is 6. The molecule has 0 radical (unpaired) electrons. The Morgan fingerprint density at radius 2 is 1.79 bits per heavy atom. The molecule has 9 heteroatoms. The Bertz CT molecular complexity index is 819. The topological polar surface area (TPSA) is 57.7 Å². The standard InChI is InChI=1S/C20H23F3N4O2/c1-26-8-10-27(11-9-26)18-12-16(6-7-24-18)14-25-19(28)13-15-2-4-17(5-3-15)29-20(21,22)23/h2-7,12H,8-11,13-14H2,1H3,(H,25,28). The van der Waals surface area contributed by atoms with Gasteiger partial charge in [0.2, 0.25) is 5.91 Å². The SMILES string of the molecule is CN1CCN(c2cc(CNC(=O)Cc3ccc(OC(F)(F)F)cc3)ccn2)CC1. The number of hydrogen-bond donors (Lipinski definition) is 1. The van der Waals surface area contributed by atoms with E-state index in [0.717, 1.165) is 37.6 Å². The van der Waals surface area contributed by atoms with Crippen molar-refractivity contribution < 1.29 is 22.7 Å². The summed E-state index contributed by atoms with van der Waals surface area (Å²) in [5.74, 6) is 0.368. The van der Waals surface area contributed by atoms with Crippen LogP contribution in [-0.2, 0) is 17.8 Å². The maximum atomic E-state index is 12.2. The molecule has 1 aliphatic heterocycles. The fourth-order valence-electron chi connectivity index (χ4n) is 3.04. The lowest BCUT2D eigenvalue weighted by atomic mass is 10.1. The fourth-order valence-corrected chi connectivity index (χ4v) is 3.04. The maximum Gasteiger partial charge on any atom is 0.573 e. The van der Waals surface area contributed by atoms with Crippen molar-refractivity contribution in [3.8, 4) is 5.75 Å². The van der Waals surface area contributed by atoms with Crippen molar-refractivity contribution in [1.29, 1.82) is 0 Å². The van der Waals surface area contributed by atoms with E-state index in [1.54, 1.807) is 6.20 Å². The first-order valence-electron chi connectivity index (χ1n) is 9.28. The van der Waals surface area contributed by atoms with Crippen LogP contribution >= 0.6 is 0 Å². The Hall–Kier alpha value is -2.81. The lowest BCUT2D eigenvalue weighted by Gasteiger charge is -2.33. The Morgan fingerprint density at radius 1 is 1.10 bits per heavy atom. The summed E-state index contributed by atoms with van der Waals surface area (Å²) in [5, 5.41) is 2.83. The summed E-state index contributed by atoms with van der Waals surface area (Å²) in [5.41, 5.74) is 1.54. The van der Waals surface area contributed by atoms with Gasteiger partial charge in [0.05, 0.1) is 6.42 Å². The molecule has 1 aromatic carbocycles. The third kappa shape index (κ3) is 6.63. The van der Waals surface area contributed by atoms with Gasteiger partial charge in [-0.2, -0.15) is 0 Å². The Kier molecular flexibility index (Phi) is 6.58. The number of halogens is 3. The number of piperazine rings is 1. The quantitative estimate of drug-likeness (QED) is 0.796. The first kappa shape index (κ1) is 20.9. The zero-order chi connectivity index (χ0) is 20.9. The molecule has 1 aliphatic rings. The Balaban J connectivity index is 1.50. The molecule has 0 aliphatic carbocycles. The van der Waals surface area contributed by atoms with Crippen LogP contribution in [0, 0.1) is 0 Å². The molecule has 1 saturated heterocycles. The van der Waals surface area contributed by atoms with E-state index in [9.17, 15) is 18.0 Å². The number of ether oxygens (including phenoxy) is 1. The molecule has 1 amide bonds. The van der Waals surface area contributed by atoms with E-state index in [0.29, 0.717) is 12.1 Å². The average molecular weight is 408 g/mol. The number of carbonyl (C=O) groups is 1. The highest BCUT2D eigenvalue weighted by Crippen LogP contribution is 2.22. The molecule has 0 atom stereocenters. The van der Waals surface area contributed by atoms with Gasteiger partial charge in [0.15, 0.2) is 0 Å². The van der Waals surface area contributed by atoms with Crippen molar-refractivity contribution in [3.63, 3.8) is 0 Å². The van der Waals surface area contributed by atoms with Crippen molar-refractivity contribution in [2.75, 3.05) is 38.1 Å². The minimum atomic E-state index is -4.73. The lowest BCUT2D eigenvalue weighted by molar-refractivity contribution is -0.274. The zero-order valence-electron chi connectivity index (χ0n) is 16.1. The van der Waals surface area contributed by atoms with Gasteiger partial charge in [-0.3, -0.25) is 4.79 Å². The van der Waals surface area contributed by atoms with Crippen molar-refractivity contribution >= 4 is 11.7 Å². The number of amides is 1. The summed E-state index contributed by atoms with van der Waals surface area (Å²) in [6.07, 6.45) is -2.93. The largest absolute Gasteiger partial charge is 0.573 e. The maximum absolute atomic E-state index is 12.2. The van der Waals surface area contributed by atoms with Gasteiger partial charge in [0.25, 0.3) is 0 Å². The second-order valence-corrected chi connectivity index (χ2v) is 6.96. The molecule has 0 spiro atoms. The number of alkyl halides is 3. The number of aromatic nitrogens is 1. The predicted molar refractivity (Wildman–Crippen MR) is 103 cm³/mol. The summed E-state index contributed by atoms with van der Waals surface area (Å²) in [4.78, 5) is 21.1. The molecule has 29 heavy (non-hydrogen) atoms. The van der Waals surface area contributed by atoms with Gasteiger partial charge in [0.1, 0.15) is 11.6 Å². The summed E-state index contributed by atoms with van der Waals surface area (Å²) in [6.45, 7) is 4.14. The van der Waals surface area contributed by atoms with Crippen LogP contribution in [-0.4, -0.2) is 55.4 Å². The number of likely N-dealkylation sites (N-methyl/N-ethyl adjacent to an activating group) is 1. The smallest absolute Gasteiger partial charge is 0.406 e. The van der Waals surface area contributed by atoms with Crippen molar-refractivity contribution in [3.05, 3.63) is 53.7 Å². The van der Waals surface area contributed by atoms with E-state index in [-0.39, 0.29) is 18.1 Å². The average Bonchev–Trinajstić information content (AvgIpc) is 2.68. The molecule has 1 aromatic heterocycles. The van der Waals surface area contributed by atoms with Gasteiger partial charge < -0.3 is 19.9 Å². The number of nitrogens with zero attached hydrogens (tertiary/aromatic N) is 3. The van der Waals surface area contributed by atoms with Gasteiger partial charge in [-0.1, -0.05) is 12.1 Å². The number of hydrogen-bond acceptors (Lipinski definition) is 5. The first-order valence-corrected chi connectivity index (χ1v) is 9.28. The fraction of sp³-hybridized carbons (Fsp3) is 0.400.